The summed E-state index contributed by atoms with van der Waals surface area (Å²) in [5, 5.41) is 2.79. The molecule has 1 heterocycles. The van der Waals surface area contributed by atoms with E-state index < -0.39 is 6.04 Å². The minimum Gasteiger partial charge on any atom is -0.339 e. The van der Waals surface area contributed by atoms with Crippen LogP contribution in [-0.4, -0.2) is 29.8 Å². The summed E-state index contributed by atoms with van der Waals surface area (Å²) in [7, 11) is 0. The van der Waals surface area contributed by atoms with Gasteiger partial charge in [0.1, 0.15) is 6.04 Å². The summed E-state index contributed by atoms with van der Waals surface area (Å²) in [6.07, 6.45) is 5.74. The van der Waals surface area contributed by atoms with Crippen molar-refractivity contribution >= 4 is 11.8 Å². The lowest BCUT2D eigenvalue weighted by molar-refractivity contribution is -0.144. The molecule has 0 aliphatic carbocycles. The van der Waals surface area contributed by atoms with Crippen molar-refractivity contribution in [3.05, 3.63) is 35.9 Å². The van der Waals surface area contributed by atoms with Crippen LogP contribution in [0, 0.1) is 0 Å². The second-order valence-electron chi connectivity index (χ2n) is 5.59. The first-order valence-corrected chi connectivity index (χ1v) is 7.85. The number of piperazine rings is 1. The maximum atomic E-state index is 12.5. The standard InChI is InChI=1S/C17H24N2O2/c1-2-3-4-5-9-12-19-13-15(20)18-16(17(19)21)14-10-7-6-8-11-14/h6-8,10-11,16H,2-5,9,12-13H2,1H3,(H,18,20). The summed E-state index contributed by atoms with van der Waals surface area (Å²) in [5.41, 5.74) is 0.853. The molecule has 1 fully saturated rings. The number of hydrogen-bond donors (Lipinski definition) is 1. The Hall–Kier alpha value is -1.84. The normalized spacial score (nSPS) is 18.7. The van der Waals surface area contributed by atoms with Gasteiger partial charge in [0.2, 0.25) is 11.8 Å². The molecule has 1 atom stereocenters. The van der Waals surface area contributed by atoms with Crippen molar-refractivity contribution in [2.75, 3.05) is 13.1 Å². The predicted octanol–water partition coefficient (Wildman–Crippen LogP) is 2.66. The zero-order valence-electron chi connectivity index (χ0n) is 12.7. The van der Waals surface area contributed by atoms with Gasteiger partial charge < -0.3 is 10.2 Å². The molecule has 0 bridgehead atoms. The first-order valence-electron chi connectivity index (χ1n) is 7.85. The van der Waals surface area contributed by atoms with Crippen LogP contribution >= 0.6 is 0 Å². The number of carbonyl (C=O) groups excluding carboxylic acids is 2. The number of hydrogen-bond acceptors (Lipinski definition) is 2. The molecule has 1 saturated heterocycles. The zero-order chi connectivity index (χ0) is 15.1. The van der Waals surface area contributed by atoms with E-state index >= 15 is 0 Å². The van der Waals surface area contributed by atoms with Crippen LogP contribution < -0.4 is 5.32 Å². The lowest BCUT2D eigenvalue weighted by Crippen LogP contribution is -2.53. The lowest BCUT2D eigenvalue weighted by Gasteiger charge is -2.32. The van der Waals surface area contributed by atoms with Gasteiger partial charge in [-0.05, 0) is 12.0 Å². The van der Waals surface area contributed by atoms with E-state index in [4.69, 9.17) is 0 Å². The van der Waals surface area contributed by atoms with Gasteiger partial charge in [-0.15, -0.1) is 0 Å². The Morgan fingerprint density at radius 3 is 2.52 bits per heavy atom. The van der Waals surface area contributed by atoms with E-state index in [1.807, 2.05) is 30.3 Å². The van der Waals surface area contributed by atoms with E-state index in [1.165, 1.54) is 19.3 Å². The number of nitrogens with one attached hydrogen (secondary N) is 1. The van der Waals surface area contributed by atoms with Gasteiger partial charge in [-0.3, -0.25) is 9.59 Å². The van der Waals surface area contributed by atoms with Gasteiger partial charge in [-0.1, -0.05) is 62.9 Å². The Morgan fingerprint density at radius 2 is 1.81 bits per heavy atom. The van der Waals surface area contributed by atoms with Gasteiger partial charge in [0.15, 0.2) is 0 Å². The molecule has 114 valence electrons. The Balaban J connectivity index is 1.93. The third-order valence-electron chi connectivity index (χ3n) is 3.86. The number of rotatable bonds is 7. The monoisotopic (exact) mass is 288 g/mol. The fourth-order valence-electron chi connectivity index (χ4n) is 2.67. The third kappa shape index (κ3) is 4.31. The van der Waals surface area contributed by atoms with Gasteiger partial charge in [-0.2, -0.15) is 0 Å². The summed E-state index contributed by atoms with van der Waals surface area (Å²) in [5.74, 6) is -0.0618. The van der Waals surface area contributed by atoms with Crippen molar-refractivity contribution in [2.24, 2.45) is 0 Å². The quantitative estimate of drug-likeness (QED) is 0.784. The molecule has 21 heavy (non-hydrogen) atoms. The minimum absolute atomic E-state index is 0.0105. The lowest BCUT2D eigenvalue weighted by atomic mass is 10.0. The van der Waals surface area contributed by atoms with Crippen LogP contribution in [0.25, 0.3) is 0 Å². The largest absolute Gasteiger partial charge is 0.339 e. The number of benzene rings is 1. The first kappa shape index (κ1) is 15.5. The Kier molecular flexibility index (Phi) is 5.78. The predicted molar refractivity (Wildman–Crippen MR) is 82.7 cm³/mol. The van der Waals surface area contributed by atoms with E-state index in [0.717, 1.165) is 18.4 Å². The van der Waals surface area contributed by atoms with Crippen LogP contribution in [0.5, 0.6) is 0 Å². The van der Waals surface area contributed by atoms with Crippen molar-refractivity contribution in [3.63, 3.8) is 0 Å². The second kappa shape index (κ2) is 7.81. The SMILES string of the molecule is CCCCCCCN1CC(=O)NC(c2ccccc2)C1=O. The molecule has 0 aromatic heterocycles. The summed E-state index contributed by atoms with van der Waals surface area (Å²) < 4.78 is 0. The summed E-state index contributed by atoms with van der Waals surface area (Å²) >= 11 is 0. The van der Waals surface area contributed by atoms with Crippen LogP contribution in [0.1, 0.15) is 50.6 Å². The molecule has 0 saturated carbocycles. The van der Waals surface area contributed by atoms with Gasteiger partial charge in [0.25, 0.3) is 0 Å². The highest BCUT2D eigenvalue weighted by molar-refractivity contribution is 5.95. The van der Waals surface area contributed by atoms with Crippen molar-refractivity contribution < 1.29 is 9.59 Å². The Morgan fingerprint density at radius 1 is 1.10 bits per heavy atom. The summed E-state index contributed by atoms with van der Waals surface area (Å²) in [6.45, 7) is 3.05. The molecule has 2 amide bonds. The van der Waals surface area contributed by atoms with Gasteiger partial charge in [0, 0.05) is 6.54 Å². The smallest absolute Gasteiger partial charge is 0.250 e. The van der Waals surface area contributed by atoms with Crippen LogP contribution in [0.3, 0.4) is 0 Å². The highest BCUT2D eigenvalue weighted by atomic mass is 16.2. The fourth-order valence-corrected chi connectivity index (χ4v) is 2.67. The van der Waals surface area contributed by atoms with Gasteiger partial charge in [0.05, 0.1) is 6.54 Å². The Bertz CT molecular complexity index is 473. The van der Waals surface area contributed by atoms with E-state index in [2.05, 4.69) is 12.2 Å². The highest BCUT2D eigenvalue weighted by Crippen LogP contribution is 2.19. The average molecular weight is 288 g/mol. The molecule has 1 aromatic rings. The maximum absolute atomic E-state index is 12.5. The molecule has 1 N–H and O–H groups in total. The van der Waals surface area contributed by atoms with Crippen LogP contribution in [0.15, 0.2) is 30.3 Å². The second-order valence-corrected chi connectivity index (χ2v) is 5.59. The molecule has 1 unspecified atom stereocenters. The molecular formula is C17H24N2O2. The number of amides is 2. The molecule has 0 spiro atoms. The summed E-state index contributed by atoms with van der Waals surface area (Å²) in [4.78, 5) is 26.0. The molecule has 1 aromatic carbocycles. The van der Waals surface area contributed by atoms with E-state index in [9.17, 15) is 9.59 Å². The number of carbonyl (C=O) groups is 2. The average Bonchev–Trinajstić information content (AvgIpc) is 2.51. The molecule has 2 rings (SSSR count). The minimum atomic E-state index is -0.525. The van der Waals surface area contributed by atoms with E-state index in [0.29, 0.717) is 6.54 Å². The van der Waals surface area contributed by atoms with Crippen molar-refractivity contribution in [3.8, 4) is 0 Å². The molecule has 4 nitrogen and oxygen atoms in total. The molecular weight excluding hydrogens is 264 g/mol. The van der Waals surface area contributed by atoms with Crippen LogP contribution in [0.2, 0.25) is 0 Å². The van der Waals surface area contributed by atoms with Crippen LogP contribution in [0.4, 0.5) is 0 Å². The van der Waals surface area contributed by atoms with E-state index in [1.54, 1.807) is 4.90 Å². The molecule has 0 radical (unpaired) electrons. The highest BCUT2D eigenvalue weighted by Gasteiger charge is 2.33. The summed E-state index contributed by atoms with van der Waals surface area (Å²) in [6, 6.07) is 8.92. The van der Waals surface area contributed by atoms with E-state index in [-0.39, 0.29) is 18.4 Å². The van der Waals surface area contributed by atoms with Gasteiger partial charge >= 0.3 is 0 Å². The molecule has 1 aliphatic heterocycles. The van der Waals surface area contributed by atoms with Gasteiger partial charge in [-0.25, -0.2) is 0 Å². The van der Waals surface area contributed by atoms with Crippen molar-refractivity contribution in [2.45, 2.75) is 45.1 Å². The van der Waals surface area contributed by atoms with Crippen molar-refractivity contribution in [1.29, 1.82) is 0 Å². The zero-order valence-corrected chi connectivity index (χ0v) is 12.7. The first-order chi connectivity index (χ1) is 10.2. The molecule has 1 aliphatic rings. The number of unbranched alkanes of at least 4 members (excludes halogenated alkanes) is 4. The third-order valence-corrected chi connectivity index (χ3v) is 3.86. The topological polar surface area (TPSA) is 49.4 Å². The fraction of sp³-hybridized carbons (Fsp3) is 0.529. The number of nitrogens with zero attached hydrogens (tertiary/aromatic N) is 1. The maximum Gasteiger partial charge on any atom is 0.250 e. The van der Waals surface area contributed by atoms with Crippen molar-refractivity contribution in [1.82, 2.24) is 10.2 Å². The molecule has 4 heteroatoms. The van der Waals surface area contributed by atoms with Crippen LogP contribution in [-0.2, 0) is 9.59 Å². The Labute approximate surface area is 126 Å².